The molecule has 0 aliphatic carbocycles. The Hall–Kier alpha value is -2.25. The number of rotatable bonds is 3. The highest BCUT2D eigenvalue weighted by Gasteiger charge is 2.28. The van der Waals surface area contributed by atoms with Crippen molar-refractivity contribution in [3.63, 3.8) is 0 Å². The lowest BCUT2D eigenvalue weighted by molar-refractivity contribution is -0.128. The van der Waals surface area contributed by atoms with Gasteiger partial charge in [-0.25, -0.2) is 12.8 Å². The van der Waals surface area contributed by atoms with E-state index in [9.17, 15) is 17.6 Å². The van der Waals surface area contributed by atoms with Crippen LogP contribution >= 0.6 is 0 Å². The van der Waals surface area contributed by atoms with Crippen LogP contribution in [0.2, 0.25) is 0 Å². The van der Waals surface area contributed by atoms with E-state index in [1.165, 1.54) is 0 Å². The van der Waals surface area contributed by atoms with Crippen LogP contribution in [0, 0.1) is 5.82 Å². The first-order valence-corrected chi connectivity index (χ1v) is 9.25. The van der Waals surface area contributed by atoms with Gasteiger partial charge in [-0.3, -0.25) is 4.79 Å². The number of fused-ring (bicyclic) bond motifs is 1. The minimum absolute atomic E-state index is 0.0656. The zero-order valence-corrected chi connectivity index (χ0v) is 13.8. The Morgan fingerprint density at radius 1 is 1.25 bits per heavy atom. The van der Waals surface area contributed by atoms with Gasteiger partial charge in [0.15, 0.2) is 15.9 Å². The smallest absolute Gasteiger partial charge is 0.258 e. The minimum Gasteiger partial charge on any atom is -0.363 e. The Balaban J connectivity index is 1.89. The SMILES string of the molecule is CS(=O)(=O)c1ccc(F)c(NC(=O)[C@H]2OCCc3ccccc32)c1. The molecule has 0 bridgehead atoms. The summed E-state index contributed by atoms with van der Waals surface area (Å²) in [4.78, 5) is 12.4. The van der Waals surface area contributed by atoms with Crippen molar-refractivity contribution in [1.82, 2.24) is 0 Å². The van der Waals surface area contributed by atoms with Gasteiger partial charge in [-0.2, -0.15) is 0 Å². The van der Waals surface area contributed by atoms with E-state index in [2.05, 4.69) is 5.32 Å². The summed E-state index contributed by atoms with van der Waals surface area (Å²) in [5.41, 5.74) is 1.56. The standard InChI is InChI=1S/C17H16FNO4S/c1-24(21,22)12-6-7-14(18)15(10-12)19-17(20)16-13-5-3-2-4-11(13)8-9-23-16/h2-7,10,16H,8-9H2,1H3,(H,19,20)/t16-/m0/s1. The minimum atomic E-state index is -3.50. The van der Waals surface area contributed by atoms with Gasteiger partial charge in [-0.15, -0.1) is 0 Å². The third-order valence-electron chi connectivity index (χ3n) is 3.86. The average molecular weight is 349 g/mol. The predicted molar refractivity (Wildman–Crippen MR) is 87.0 cm³/mol. The highest BCUT2D eigenvalue weighted by Crippen LogP contribution is 2.29. The zero-order chi connectivity index (χ0) is 17.3. The number of hydrogen-bond acceptors (Lipinski definition) is 4. The van der Waals surface area contributed by atoms with Gasteiger partial charge in [0.2, 0.25) is 0 Å². The first-order chi connectivity index (χ1) is 11.4. The van der Waals surface area contributed by atoms with Crippen LogP contribution < -0.4 is 5.32 Å². The van der Waals surface area contributed by atoms with Crippen molar-refractivity contribution in [2.45, 2.75) is 17.4 Å². The molecule has 1 heterocycles. The van der Waals surface area contributed by atoms with Crippen molar-refractivity contribution in [3.05, 3.63) is 59.4 Å². The molecule has 1 amide bonds. The maximum absolute atomic E-state index is 13.9. The topological polar surface area (TPSA) is 72.5 Å². The molecular formula is C17H16FNO4S. The third-order valence-corrected chi connectivity index (χ3v) is 4.97. The molecule has 7 heteroatoms. The molecule has 0 radical (unpaired) electrons. The van der Waals surface area contributed by atoms with E-state index in [-0.39, 0.29) is 10.6 Å². The summed E-state index contributed by atoms with van der Waals surface area (Å²) in [7, 11) is -3.50. The second-order valence-electron chi connectivity index (χ2n) is 5.60. The molecule has 5 nitrogen and oxygen atoms in total. The van der Waals surface area contributed by atoms with Crippen molar-refractivity contribution in [2.75, 3.05) is 18.2 Å². The van der Waals surface area contributed by atoms with E-state index in [0.717, 1.165) is 35.6 Å². The molecule has 0 spiro atoms. The maximum atomic E-state index is 13.9. The summed E-state index contributed by atoms with van der Waals surface area (Å²) >= 11 is 0. The van der Waals surface area contributed by atoms with E-state index in [4.69, 9.17) is 4.74 Å². The number of amides is 1. The number of carbonyl (C=O) groups is 1. The number of sulfone groups is 1. The first-order valence-electron chi connectivity index (χ1n) is 7.36. The van der Waals surface area contributed by atoms with Crippen LogP contribution in [0.3, 0.4) is 0 Å². The van der Waals surface area contributed by atoms with Gasteiger partial charge in [-0.05, 0) is 35.7 Å². The van der Waals surface area contributed by atoms with Gasteiger partial charge in [-0.1, -0.05) is 24.3 Å². The zero-order valence-electron chi connectivity index (χ0n) is 13.0. The van der Waals surface area contributed by atoms with Crippen molar-refractivity contribution >= 4 is 21.4 Å². The third kappa shape index (κ3) is 3.32. The molecule has 1 aliphatic heterocycles. The summed E-state index contributed by atoms with van der Waals surface area (Å²) in [6.07, 6.45) is 0.876. The summed E-state index contributed by atoms with van der Waals surface area (Å²) in [5.74, 6) is -1.24. The van der Waals surface area contributed by atoms with E-state index < -0.39 is 27.7 Å². The first kappa shape index (κ1) is 16.6. The summed E-state index contributed by atoms with van der Waals surface area (Å²) in [6.45, 7) is 0.390. The van der Waals surface area contributed by atoms with Crippen LogP contribution in [0.15, 0.2) is 47.4 Å². The number of hydrogen-bond donors (Lipinski definition) is 1. The van der Waals surface area contributed by atoms with Gasteiger partial charge >= 0.3 is 0 Å². The predicted octanol–water partition coefficient (Wildman–Crippen LogP) is 2.48. The molecule has 1 N–H and O–H groups in total. The van der Waals surface area contributed by atoms with Crippen LogP contribution in [-0.4, -0.2) is 27.2 Å². The molecule has 0 saturated heterocycles. The van der Waals surface area contributed by atoms with Crippen molar-refractivity contribution < 1.29 is 22.3 Å². The van der Waals surface area contributed by atoms with E-state index >= 15 is 0 Å². The molecular weight excluding hydrogens is 333 g/mol. The lowest BCUT2D eigenvalue weighted by atomic mass is 9.97. The molecule has 2 aromatic carbocycles. The Labute approximate surface area is 139 Å². The molecule has 24 heavy (non-hydrogen) atoms. The summed E-state index contributed by atoms with van der Waals surface area (Å²) < 4.78 is 42.6. The monoisotopic (exact) mass is 349 g/mol. The van der Waals surface area contributed by atoms with E-state index in [1.54, 1.807) is 12.1 Å². The van der Waals surface area contributed by atoms with E-state index in [0.29, 0.717) is 13.0 Å². The lowest BCUT2D eigenvalue weighted by Crippen LogP contribution is -2.28. The number of nitrogens with one attached hydrogen (secondary N) is 1. The second-order valence-corrected chi connectivity index (χ2v) is 7.62. The van der Waals surface area contributed by atoms with Gasteiger partial charge < -0.3 is 10.1 Å². The molecule has 1 atom stereocenters. The number of benzene rings is 2. The van der Waals surface area contributed by atoms with E-state index in [1.807, 2.05) is 12.1 Å². The Morgan fingerprint density at radius 2 is 2.00 bits per heavy atom. The van der Waals surface area contributed by atoms with Crippen LogP contribution in [0.4, 0.5) is 10.1 Å². The molecule has 1 aliphatic rings. The molecule has 2 aromatic rings. The quantitative estimate of drug-likeness (QED) is 0.864. The fourth-order valence-corrected chi connectivity index (χ4v) is 3.29. The second kappa shape index (κ2) is 6.33. The van der Waals surface area contributed by atoms with Gasteiger partial charge in [0, 0.05) is 6.26 Å². The van der Waals surface area contributed by atoms with Crippen LogP contribution in [0.1, 0.15) is 17.2 Å². The molecule has 126 valence electrons. The average Bonchev–Trinajstić information content (AvgIpc) is 2.55. The maximum Gasteiger partial charge on any atom is 0.258 e. The highest BCUT2D eigenvalue weighted by atomic mass is 32.2. The Bertz CT molecular complexity index is 895. The normalized spacial score (nSPS) is 17.2. The number of anilines is 1. The largest absolute Gasteiger partial charge is 0.363 e. The number of carbonyl (C=O) groups excluding carboxylic acids is 1. The van der Waals surface area contributed by atoms with Crippen LogP contribution in [0.25, 0.3) is 0 Å². The molecule has 0 aromatic heterocycles. The van der Waals surface area contributed by atoms with Crippen molar-refractivity contribution in [3.8, 4) is 0 Å². The van der Waals surface area contributed by atoms with Gasteiger partial charge in [0.25, 0.3) is 5.91 Å². The number of ether oxygens (including phenoxy) is 1. The fraction of sp³-hybridized carbons (Fsp3) is 0.235. The van der Waals surface area contributed by atoms with Crippen molar-refractivity contribution in [2.24, 2.45) is 0 Å². The van der Waals surface area contributed by atoms with Crippen LogP contribution in [0.5, 0.6) is 0 Å². The highest BCUT2D eigenvalue weighted by molar-refractivity contribution is 7.90. The van der Waals surface area contributed by atoms with Crippen LogP contribution in [-0.2, 0) is 25.8 Å². The Morgan fingerprint density at radius 3 is 2.75 bits per heavy atom. The molecule has 0 saturated carbocycles. The molecule has 3 rings (SSSR count). The molecule has 0 unspecified atom stereocenters. The lowest BCUT2D eigenvalue weighted by Gasteiger charge is -2.25. The molecule has 0 fully saturated rings. The summed E-state index contributed by atoms with van der Waals surface area (Å²) in [6, 6.07) is 10.7. The fourth-order valence-electron chi connectivity index (χ4n) is 2.64. The van der Waals surface area contributed by atoms with Gasteiger partial charge in [0.1, 0.15) is 5.82 Å². The van der Waals surface area contributed by atoms with Crippen molar-refractivity contribution in [1.29, 1.82) is 0 Å². The number of halogens is 1. The summed E-state index contributed by atoms with van der Waals surface area (Å²) in [5, 5.41) is 2.43. The van der Waals surface area contributed by atoms with Gasteiger partial charge in [0.05, 0.1) is 17.2 Å². The Kier molecular flexibility index (Phi) is 4.38.